The molecule has 4 rings (SSSR count). The van der Waals surface area contributed by atoms with Gasteiger partial charge in [-0.15, -0.1) is 0 Å². The Morgan fingerprint density at radius 1 is 1.00 bits per heavy atom. The highest BCUT2D eigenvalue weighted by atomic mass is 127. The number of pyridine rings is 2. The Morgan fingerprint density at radius 3 is 2.64 bits per heavy atom. The van der Waals surface area contributed by atoms with Crippen LogP contribution in [0.2, 0.25) is 0 Å². The van der Waals surface area contributed by atoms with Crippen LogP contribution in [0.1, 0.15) is 5.56 Å². The first-order chi connectivity index (χ1) is 10.8. The third-order valence-corrected chi connectivity index (χ3v) is 4.23. The maximum Gasteiger partial charge on any atom is 0.123 e. The smallest absolute Gasteiger partial charge is 0.123 e. The summed E-state index contributed by atoms with van der Waals surface area (Å²) in [6.07, 6.45) is 7.78. The largest absolute Gasteiger partial charge is 0.316 e. The lowest BCUT2D eigenvalue weighted by molar-refractivity contribution is 0.682. The molecule has 4 aromatic heterocycles. The normalized spacial score (nSPS) is 11.1. The second kappa shape index (κ2) is 5.57. The fraction of sp³-hybridized carbons (Fsp3) is 0.0588. The van der Waals surface area contributed by atoms with Crippen LogP contribution in [0.5, 0.6) is 0 Å². The molecule has 22 heavy (non-hydrogen) atoms. The molecule has 0 amide bonds. The average Bonchev–Trinajstić information content (AvgIpc) is 3.11. The lowest BCUT2D eigenvalue weighted by Gasteiger charge is -2.07. The maximum atomic E-state index is 4.49. The van der Waals surface area contributed by atoms with Gasteiger partial charge >= 0.3 is 0 Å². The summed E-state index contributed by atoms with van der Waals surface area (Å²) in [5.74, 6) is 0. The minimum atomic E-state index is 0.752. The van der Waals surface area contributed by atoms with Gasteiger partial charge in [0.25, 0.3) is 0 Å². The van der Waals surface area contributed by atoms with Gasteiger partial charge in [0.05, 0.1) is 12.2 Å². The number of fused-ring (bicyclic) bond motifs is 1. The number of rotatable bonds is 3. The van der Waals surface area contributed by atoms with Crippen LogP contribution in [0.3, 0.4) is 0 Å². The zero-order valence-electron chi connectivity index (χ0n) is 11.7. The van der Waals surface area contributed by atoms with E-state index in [4.69, 9.17) is 0 Å². The highest BCUT2D eigenvalue weighted by molar-refractivity contribution is 14.1. The van der Waals surface area contributed by atoms with Gasteiger partial charge in [0, 0.05) is 41.4 Å². The van der Waals surface area contributed by atoms with E-state index < -0.39 is 0 Å². The molecule has 0 N–H and O–H groups in total. The highest BCUT2D eigenvalue weighted by Crippen LogP contribution is 2.28. The standard InChI is InChI=1S/C17H13IN4/c18-16-6-10-21(20-16)12-14-11-15-3-1-2-9-22(15)17(14)13-4-7-19-8-5-13/h1-11H,12H2. The van der Waals surface area contributed by atoms with E-state index >= 15 is 0 Å². The Hall–Kier alpha value is -2.15. The third kappa shape index (κ3) is 2.41. The van der Waals surface area contributed by atoms with Gasteiger partial charge < -0.3 is 4.40 Å². The monoisotopic (exact) mass is 400 g/mol. The van der Waals surface area contributed by atoms with E-state index in [0.29, 0.717) is 0 Å². The lowest BCUT2D eigenvalue weighted by Crippen LogP contribution is -2.01. The molecule has 0 aromatic carbocycles. The van der Waals surface area contributed by atoms with Crippen LogP contribution < -0.4 is 0 Å². The van der Waals surface area contributed by atoms with E-state index in [9.17, 15) is 0 Å². The van der Waals surface area contributed by atoms with Gasteiger partial charge in [0.1, 0.15) is 3.70 Å². The molecule has 4 aromatic rings. The van der Waals surface area contributed by atoms with Crippen LogP contribution in [0.25, 0.3) is 16.8 Å². The zero-order valence-corrected chi connectivity index (χ0v) is 13.9. The SMILES string of the molecule is Ic1ccn(Cc2cc3ccccn3c2-c2ccncc2)n1. The topological polar surface area (TPSA) is 35.1 Å². The van der Waals surface area contributed by atoms with Crippen LogP contribution in [-0.2, 0) is 6.54 Å². The Morgan fingerprint density at radius 2 is 1.86 bits per heavy atom. The van der Waals surface area contributed by atoms with Gasteiger partial charge in [0.15, 0.2) is 0 Å². The van der Waals surface area contributed by atoms with Crippen molar-refractivity contribution in [1.29, 1.82) is 0 Å². The van der Waals surface area contributed by atoms with E-state index in [2.05, 4.69) is 67.5 Å². The summed E-state index contributed by atoms with van der Waals surface area (Å²) in [5.41, 5.74) is 4.80. The minimum absolute atomic E-state index is 0.752. The number of hydrogen-bond acceptors (Lipinski definition) is 2. The summed E-state index contributed by atoms with van der Waals surface area (Å²) in [6, 6.07) is 14.6. The zero-order chi connectivity index (χ0) is 14.9. The van der Waals surface area contributed by atoms with Crippen LogP contribution in [-0.4, -0.2) is 19.2 Å². The second-order valence-electron chi connectivity index (χ2n) is 5.09. The Bertz CT molecular complexity index is 924. The molecule has 0 aliphatic heterocycles. The van der Waals surface area contributed by atoms with Crippen LogP contribution in [0.15, 0.2) is 67.3 Å². The molecular weight excluding hydrogens is 387 g/mol. The van der Waals surface area contributed by atoms with Crippen LogP contribution >= 0.6 is 22.6 Å². The van der Waals surface area contributed by atoms with Crippen molar-refractivity contribution in [3.8, 4) is 11.3 Å². The van der Waals surface area contributed by atoms with Crippen LogP contribution in [0.4, 0.5) is 0 Å². The summed E-state index contributed by atoms with van der Waals surface area (Å²) in [5, 5.41) is 4.49. The van der Waals surface area contributed by atoms with Crippen molar-refractivity contribution in [2.45, 2.75) is 6.54 Å². The van der Waals surface area contributed by atoms with E-state index in [1.54, 1.807) is 0 Å². The number of nitrogens with zero attached hydrogens (tertiary/aromatic N) is 4. The van der Waals surface area contributed by atoms with Gasteiger partial charge in [-0.25, -0.2) is 0 Å². The van der Waals surface area contributed by atoms with Gasteiger partial charge in [-0.1, -0.05) is 6.07 Å². The van der Waals surface area contributed by atoms with Crippen molar-refractivity contribution in [2.75, 3.05) is 0 Å². The molecule has 0 aliphatic carbocycles. The molecule has 0 saturated carbocycles. The first-order valence-corrected chi connectivity index (χ1v) is 8.07. The fourth-order valence-electron chi connectivity index (χ4n) is 2.73. The van der Waals surface area contributed by atoms with E-state index in [1.807, 2.05) is 41.5 Å². The van der Waals surface area contributed by atoms with Crippen molar-refractivity contribution >= 4 is 28.1 Å². The van der Waals surface area contributed by atoms with Crippen LogP contribution in [0, 0.1) is 3.70 Å². The van der Waals surface area contributed by atoms with Gasteiger partial charge in [-0.2, -0.15) is 5.10 Å². The average molecular weight is 400 g/mol. The third-order valence-electron chi connectivity index (χ3n) is 3.65. The minimum Gasteiger partial charge on any atom is -0.316 e. The van der Waals surface area contributed by atoms with Crippen molar-refractivity contribution in [1.82, 2.24) is 19.2 Å². The van der Waals surface area contributed by atoms with Crippen molar-refractivity contribution < 1.29 is 0 Å². The summed E-state index contributed by atoms with van der Waals surface area (Å²) in [4.78, 5) is 4.12. The number of hydrogen-bond donors (Lipinski definition) is 0. The first-order valence-electron chi connectivity index (χ1n) is 6.99. The maximum absolute atomic E-state index is 4.49. The molecule has 0 saturated heterocycles. The molecule has 0 spiro atoms. The number of halogens is 1. The molecule has 108 valence electrons. The fourth-order valence-corrected chi connectivity index (χ4v) is 3.17. The molecule has 0 atom stereocenters. The van der Waals surface area contributed by atoms with E-state index in [1.165, 1.54) is 16.8 Å². The highest BCUT2D eigenvalue weighted by Gasteiger charge is 2.12. The predicted octanol–water partition coefficient (Wildman–Crippen LogP) is 3.85. The molecule has 5 heteroatoms. The number of aromatic nitrogens is 4. The second-order valence-corrected chi connectivity index (χ2v) is 6.19. The molecule has 0 bridgehead atoms. The molecule has 4 nitrogen and oxygen atoms in total. The Labute approximate surface area is 141 Å². The summed E-state index contributed by atoms with van der Waals surface area (Å²) < 4.78 is 5.20. The molecule has 4 heterocycles. The quantitative estimate of drug-likeness (QED) is 0.490. The van der Waals surface area contributed by atoms with E-state index in [-0.39, 0.29) is 0 Å². The molecule has 0 aliphatic rings. The molecule has 0 fully saturated rings. The Kier molecular flexibility index (Phi) is 3.42. The first kappa shape index (κ1) is 13.5. The summed E-state index contributed by atoms with van der Waals surface area (Å²) in [6.45, 7) is 0.752. The van der Waals surface area contributed by atoms with Gasteiger partial charge in [-0.3, -0.25) is 9.67 Å². The van der Waals surface area contributed by atoms with Gasteiger partial charge in [-0.05, 0) is 59.0 Å². The van der Waals surface area contributed by atoms with Crippen molar-refractivity contribution in [2.24, 2.45) is 0 Å². The van der Waals surface area contributed by atoms with Crippen molar-refractivity contribution in [3.63, 3.8) is 0 Å². The molecule has 0 radical (unpaired) electrons. The summed E-state index contributed by atoms with van der Waals surface area (Å²) >= 11 is 2.23. The van der Waals surface area contributed by atoms with E-state index in [0.717, 1.165) is 15.8 Å². The lowest BCUT2D eigenvalue weighted by atomic mass is 10.1. The summed E-state index contributed by atoms with van der Waals surface area (Å²) in [7, 11) is 0. The van der Waals surface area contributed by atoms with Gasteiger partial charge in [0.2, 0.25) is 0 Å². The molecule has 0 unspecified atom stereocenters. The Balaban J connectivity index is 1.90. The predicted molar refractivity (Wildman–Crippen MR) is 94.7 cm³/mol. The van der Waals surface area contributed by atoms with Crippen molar-refractivity contribution in [3.05, 3.63) is 76.5 Å². The molecular formula is C17H13IN4.